The zero-order valence-corrected chi connectivity index (χ0v) is 42.6. The Hall–Kier alpha value is -8.38. The highest BCUT2D eigenvalue weighted by atomic mass is 16.2. The first-order valence-corrected chi connectivity index (χ1v) is 24.4. The van der Waals surface area contributed by atoms with Crippen molar-refractivity contribution in [1.29, 1.82) is 0 Å². The van der Waals surface area contributed by atoms with Crippen molar-refractivity contribution >= 4 is 56.6 Å². The van der Waals surface area contributed by atoms with Gasteiger partial charge in [0.15, 0.2) is 0 Å². The van der Waals surface area contributed by atoms with Crippen molar-refractivity contribution in [3.63, 3.8) is 0 Å². The molecule has 2 N–H and O–H groups in total. The second kappa shape index (κ2) is 22.1. The maximum absolute atomic E-state index is 13.3. The summed E-state index contributed by atoms with van der Waals surface area (Å²) >= 11 is 0. The van der Waals surface area contributed by atoms with Gasteiger partial charge in [0, 0.05) is 124 Å². The van der Waals surface area contributed by atoms with E-state index in [1.807, 2.05) is 77.6 Å². The van der Waals surface area contributed by atoms with Gasteiger partial charge in [0.05, 0.1) is 44.8 Å². The summed E-state index contributed by atoms with van der Waals surface area (Å²) < 4.78 is 0. The van der Waals surface area contributed by atoms with Crippen LogP contribution in [0.5, 0.6) is 0 Å². The first kappa shape index (κ1) is 50.0. The van der Waals surface area contributed by atoms with Crippen molar-refractivity contribution in [2.24, 2.45) is 5.92 Å². The zero-order chi connectivity index (χ0) is 51.1. The van der Waals surface area contributed by atoms with Gasteiger partial charge in [-0.15, -0.1) is 13.2 Å². The third kappa shape index (κ3) is 11.5. The van der Waals surface area contributed by atoms with Crippen molar-refractivity contribution in [2.75, 3.05) is 81.5 Å². The Kier molecular flexibility index (Phi) is 15.4. The number of aromatic nitrogens is 4. The molecule has 12 nitrogen and oxygen atoms in total. The van der Waals surface area contributed by atoms with Gasteiger partial charge in [-0.1, -0.05) is 67.6 Å². The molecule has 8 rings (SSSR count). The molecule has 12 heteroatoms. The minimum absolute atomic E-state index is 0.144. The Morgan fingerprint density at radius 1 is 0.500 bits per heavy atom. The highest BCUT2D eigenvalue weighted by Gasteiger charge is 2.20. The van der Waals surface area contributed by atoms with E-state index in [9.17, 15) is 9.59 Å². The third-order valence-electron chi connectivity index (χ3n) is 13.0. The zero-order valence-electron chi connectivity index (χ0n) is 42.6. The molecule has 8 aromatic rings. The van der Waals surface area contributed by atoms with Crippen molar-refractivity contribution in [2.45, 2.75) is 26.3 Å². The Balaban J connectivity index is 1.07. The molecule has 0 spiro atoms. The van der Waals surface area contributed by atoms with Crippen LogP contribution in [0.3, 0.4) is 0 Å². The fourth-order valence-corrected chi connectivity index (χ4v) is 8.38. The second-order valence-corrected chi connectivity index (χ2v) is 18.8. The van der Waals surface area contributed by atoms with E-state index in [0.29, 0.717) is 45.7 Å². The minimum atomic E-state index is -0.196. The molecule has 0 aliphatic heterocycles. The number of nitrogens with one attached hydrogen (secondary N) is 2. The van der Waals surface area contributed by atoms with E-state index in [4.69, 9.17) is 19.9 Å². The smallest absolute Gasteiger partial charge is 0.251 e. The van der Waals surface area contributed by atoms with Gasteiger partial charge in [0.1, 0.15) is 0 Å². The molecule has 0 saturated heterocycles. The Bertz CT molecular complexity index is 3290. The summed E-state index contributed by atoms with van der Waals surface area (Å²) in [7, 11) is 12.3. The van der Waals surface area contributed by atoms with E-state index in [0.717, 1.165) is 87.3 Å². The van der Waals surface area contributed by atoms with Gasteiger partial charge in [-0.25, -0.2) is 19.9 Å². The van der Waals surface area contributed by atoms with Crippen molar-refractivity contribution in [1.82, 2.24) is 30.6 Å². The molecule has 0 aliphatic carbocycles. The van der Waals surface area contributed by atoms with Crippen LogP contribution in [0.4, 0.5) is 22.7 Å². The van der Waals surface area contributed by atoms with Crippen LogP contribution < -0.4 is 30.2 Å². The highest BCUT2D eigenvalue weighted by molar-refractivity contribution is 5.99. The lowest BCUT2D eigenvalue weighted by Crippen LogP contribution is -2.30. The predicted molar refractivity (Wildman–Crippen MR) is 299 cm³/mol. The molecule has 2 atom stereocenters. The summed E-state index contributed by atoms with van der Waals surface area (Å²) in [5.41, 5.74) is 14.5. The van der Waals surface area contributed by atoms with Gasteiger partial charge in [0.25, 0.3) is 11.8 Å². The Morgan fingerprint density at radius 3 is 1.29 bits per heavy atom. The van der Waals surface area contributed by atoms with E-state index in [1.54, 1.807) is 18.2 Å². The standard InChI is InChI=1S/C60H64N10O2/c1-11-39(3)29-30-61-59(71)45-25-27-51-53(37-45)65-58(55(63-51)41-17-13-21-47(33-41)67(5)6)44-20-16-24-50(36-44)70(10)32-31-69(9)49-23-15-19-43(35-49)56-57(42-18-14-22-48(34-42)68(7)8)66-54-38-46(26-28-52(54)64-56)60(72)62-40(4)12-2/h11-28,33-40H,1-2,29-32H2,3-10H3,(H,61,71)(H,62,72). The third-order valence-corrected chi connectivity index (χ3v) is 13.0. The van der Waals surface area contributed by atoms with Gasteiger partial charge in [-0.05, 0) is 104 Å². The number of anilines is 4. The molecule has 0 fully saturated rings. The maximum atomic E-state index is 13.3. The van der Waals surface area contributed by atoms with E-state index < -0.39 is 0 Å². The predicted octanol–water partition coefficient (Wildman–Crippen LogP) is 11.2. The monoisotopic (exact) mass is 957 g/mol. The number of carbonyl (C=O) groups is 2. The van der Waals surface area contributed by atoms with Crippen LogP contribution in [0.25, 0.3) is 67.1 Å². The second-order valence-electron chi connectivity index (χ2n) is 18.8. The summed E-state index contributed by atoms with van der Waals surface area (Å²) in [5.74, 6) is -0.0312. The molecule has 2 aromatic heterocycles. The number of benzene rings is 6. The lowest BCUT2D eigenvalue weighted by atomic mass is 10.0. The van der Waals surface area contributed by atoms with Crippen molar-refractivity contribution in [3.8, 4) is 45.0 Å². The number of nitrogens with zero attached hydrogens (tertiary/aromatic N) is 8. The van der Waals surface area contributed by atoms with Gasteiger partial charge < -0.3 is 30.2 Å². The van der Waals surface area contributed by atoms with Crippen molar-refractivity contribution < 1.29 is 9.59 Å². The highest BCUT2D eigenvalue weighted by Crippen LogP contribution is 2.36. The minimum Gasteiger partial charge on any atom is -0.378 e. The molecule has 0 saturated carbocycles. The van der Waals surface area contributed by atoms with Crippen molar-refractivity contribution in [3.05, 3.63) is 170 Å². The molecular formula is C60H64N10O2. The first-order chi connectivity index (χ1) is 34.7. The molecule has 0 radical (unpaired) electrons. The summed E-state index contributed by atoms with van der Waals surface area (Å²) in [4.78, 5) is 56.0. The van der Waals surface area contributed by atoms with Gasteiger partial charge in [-0.2, -0.15) is 0 Å². The molecule has 72 heavy (non-hydrogen) atoms. The summed E-state index contributed by atoms with van der Waals surface area (Å²) in [6.45, 7) is 13.6. The van der Waals surface area contributed by atoms with E-state index in [1.165, 1.54) is 0 Å². The van der Waals surface area contributed by atoms with Crippen LogP contribution >= 0.6 is 0 Å². The molecule has 2 unspecified atom stereocenters. The average molecular weight is 957 g/mol. The molecular weight excluding hydrogens is 893 g/mol. The number of fused-ring (bicyclic) bond motifs is 2. The SMILES string of the molecule is C=CC(C)CCNC(=O)c1ccc2nc(-c3cccc(N(C)C)c3)c(-c3cccc(N(C)CCN(C)c4cccc(-c5nc6ccc(C(=O)NC(C)C=C)cc6nc5-c5cccc(N(C)C)c5)c4)c3)nc2c1. The van der Waals surface area contributed by atoms with Crippen LogP contribution in [-0.4, -0.2) is 99.7 Å². The number of amides is 2. The molecule has 2 heterocycles. The summed E-state index contributed by atoms with van der Waals surface area (Å²) in [5, 5.41) is 6.01. The van der Waals surface area contributed by atoms with Crippen LogP contribution in [0.2, 0.25) is 0 Å². The Labute approximate surface area is 423 Å². The average Bonchev–Trinajstić information content (AvgIpc) is 3.41. The molecule has 6 aromatic carbocycles. The number of rotatable bonds is 19. The number of hydrogen-bond acceptors (Lipinski definition) is 10. The molecule has 2 amide bonds. The maximum Gasteiger partial charge on any atom is 0.251 e. The Morgan fingerprint density at radius 2 is 0.889 bits per heavy atom. The lowest BCUT2D eigenvalue weighted by Gasteiger charge is -2.26. The number of carbonyl (C=O) groups excluding carboxylic acids is 2. The van der Waals surface area contributed by atoms with Crippen LogP contribution in [0.1, 0.15) is 41.0 Å². The molecule has 366 valence electrons. The van der Waals surface area contributed by atoms with Gasteiger partial charge in [-0.3, -0.25) is 9.59 Å². The van der Waals surface area contributed by atoms with Crippen LogP contribution in [0.15, 0.2) is 159 Å². The van der Waals surface area contributed by atoms with E-state index in [2.05, 4.69) is 149 Å². The normalized spacial score (nSPS) is 11.9. The lowest BCUT2D eigenvalue weighted by molar-refractivity contribution is 0.0941. The van der Waals surface area contributed by atoms with E-state index in [-0.39, 0.29) is 17.9 Å². The summed E-state index contributed by atoms with van der Waals surface area (Å²) in [6.07, 6.45) is 4.41. The van der Waals surface area contributed by atoms with Gasteiger partial charge >= 0.3 is 0 Å². The first-order valence-electron chi connectivity index (χ1n) is 24.4. The largest absolute Gasteiger partial charge is 0.378 e. The fourth-order valence-electron chi connectivity index (χ4n) is 8.38. The molecule has 0 aliphatic rings. The fraction of sp³-hybridized carbons (Fsp3) is 0.233. The molecule has 0 bridgehead atoms. The van der Waals surface area contributed by atoms with Crippen LogP contribution in [0, 0.1) is 5.92 Å². The number of hydrogen-bond donors (Lipinski definition) is 2. The quantitative estimate of drug-likeness (QED) is 0.0758. The van der Waals surface area contributed by atoms with E-state index >= 15 is 0 Å². The summed E-state index contributed by atoms with van der Waals surface area (Å²) in [6, 6.07) is 44.2. The number of allylic oxidation sites excluding steroid dienone is 1. The van der Waals surface area contributed by atoms with Gasteiger partial charge in [0.2, 0.25) is 0 Å². The topological polar surface area (TPSA) is 123 Å². The van der Waals surface area contributed by atoms with Crippen LogP contribution in [-0.2, 0) is 0 Å². The number of likely N-dealkylation sites (N-methyl/N-ethyl adjacent to an activating group) is 2.